The molecule has 1 atom stereocenters. The van der Waals surface area contributed by atoms with E-state index in [0.29, 0.717) is 23.7 Å². The van der Waals surface area contributed by atoms with Crippen LogP contribution >= 0.6 is 11.6 Å². The molecule has 0 heterocycles. The van der Waals surface area contributed by atoms with E-state index in [1.54, 1.807) is 54.6 Å². The van der Waals surface area contributed by atoms with Gasteiger partial charge in [0.1, 0.15) is 12.6 Å². The quantitative estimate of drug-likeness (QED) is 0.357. The highest BCUT2D eigenvalue weighted by Gasteiger charge is 2.33. The molecule has 1 unspecified atom stereocenters. The molecule has 0 spiro atoms. The monoisotopic (exact) mass is 555 g/mol. The van der Waals surface area contributed by atoms with Crippen molar-refractivity contribution in [3.8, 4) is 0 Å². The van der Waals surface area contributed by atoms with Gasteiger partial charge in [0.2, 0.25) is 11.8 Å². The number of carbonyl (C=O) groups excluding carboxylic acids is 2. The van der Waals surface area contributed by atoms with Crippen LogP contribution in [0.5, 0.6) is 0 Å². The van der Waals surface area contributed by atoms with Crippen molar-refractivity contribution in [2.45, 2.75) is 51.6 Å². The van der Waals surface area contributed by atoms with Crippen molar-refractivity contribution in [3.05, 3.63) is 94.5 Å². The van der Waals surface area contributed by atoms with Crippen LogP contribution in [-0.4, -0.2) is 44.3 Å². The summed E-state index contributed by atoms with van der Waals surface area (Å²) in [6.07, 6.45) is 0.361. The number of sulfonamides is 1. The van der Waals surface area contributed by atoms with Gasteiger partial charge in [-0.1, -0.05) is 54.9 Å². The molecular weight excluding hydrogens is 522 g/mol. The molecule has 38 heavy (non-hydrogen) atoms. The third kappa shape index (κ3) is 6.94. The number of aryl methyl sites for hydroxylation is 2. The fourth-order valence-electron chi connectivity index (χ4n) is 4.13. The molecular formula is C29H34ClN3O4S. The standard InChI is InChI=1S/C29H34ClN3O4S/c1-5-27(29(35)31-6-2)32(19-23-13-15-24(30)16-14-23)28(34)20-33(25-17-12-21(3)22(4)18-25)38(36,37)26-10-8-7-9-11-26/h7-18,27H,5-6,19-20H2,1-4H3,(H,31,35). The van der Waals surface area contributed by atoms with E-state index in [2.05, 4.69) is 5.32 Å². The molecule has 1 N–H and O–H groups in total. The molecule has 0 radical (unpaired) electrons. The van der Waals surface area contributed by atoms with E-state index in [-0.39, 0.29) is 17.3 Å². The molecule has 0 fully saturated rings. The number of nitrogens with one attached hydrogen (secondary N) is 1. The van der Waals surface area contributed by atoms with Crippen LogP contribution in [0.2, 0.25) is 5.02 Å². The highest BCUT2D eigenvalue weighted by Crippen LogP contribution is 2.27. The maximum Gasteiger partial charge on any atom is 0.264 e. The number of benzene rings is 3. The second-order valence-corrected chi connectivity index (χ2v) is 11.4. The summed E-state index contributed by atoms with van der Waals surface area (Å²) in [7, 11) is -4.09. The molecule has 9 heteroatoms. The van der Waals surface area contributed by atoms with Crippen LogP contribution < -0.4 is 9.62 Å². The number of nitrogens with zero attached hydrogens (tertiary/aromatic N) is 2. The van der Waals surface area contributed by atoms with Crippen molar-refractivity contribution in [2.75, 3.05) is 17.4 Å². The zero-order chi connectivity index (χ0) is 27.9. The van der Waals surface area contributed by atoms with Gasteiger partial charge in [0.15, 0.2) is 0 Å². The Morgan fingerprint density at radius 2 is 1.58 bits per heavy atom. The molecule has 2 amide bonds. The van der Waals surface area contributed by atoms with Crippen LogP contribution in [0.25, 0.3) is 0 Å². The van der Waals surface area contributed by atoms with Gasteiger partial charge in [0, 0.05) is 18.1 Å². The predicted octanol–water partition coefficient (Wildman–Crippen LogP) is 5.10. The highest BCUT2D eigenvalue weighted by atomic mass is 35.5. The van der Waals surface area contributed by atoms with Gasteiger partial charge in [-0.2, -0.15) is 0 Å². The summed E-state index contributed by atoms with van der Waals surface area (Å²) in [5.74, 6) is -0.781. The van der Waals surface area contributed by atoms with Gasteiger partial charge in [-0.25, -0.2) is 8.42 Å². The van der Waals surface area contributed by atoms with Crippen molar-refractivity contribution < 1.29 is 18.0 Å². The third-order valence-electron chi connectivity index (χ3n) is 6.39. The van der Waals surface area contributed by atoms with Gasteiger partial charge in [-0.05, 0) is 80.3 Å². The molecule has 7 nitrogen and oxygen atoms in total. The van der Waals surface area contributed by atoms with Gasteiger partial charge in [-0.15, -0.1) is 0 Å². The Kier molecular flexibility index (Phi) is 9.94. The Hall–Kier alpha value is -3.36. The smallest absolute Gasteiger partial charge is 0.264 e. The minimum Gasteiger partial charge on any atom is -0.355 e. The first kappa shape index (κ1) is 29.2. The number of rotatable bonds is 11. The Labute approximate surface area is 230 Å². The summed E-state index contributed by atoms with van der Waals surface area (Å²) in [4.78, 5) is 28.4. The summed E-state index contributed by atoms with van der Waals surface area (Å²) in [6.45, 7) is 7.53. The maximum absolute atomic E-state index is 14.0. The zero-order valence-corrected chi connectivity index (χ0v) is 23.7. The first-order chi connectivity index (χ1) is 18.1. The minimum atomic E-state index is -4.09. The Morgan fingerprint density at radius 3 is 2.16 bits per heavy atom. The lowest BCUT2D eigenvalue weighted by Gasteiger charge is -2.33. The van der Waals surface area contributed by atoms with E-state index < -0.39 is 28.5 Å². The number of carbonyl (C=O) groups is 2. The number of amides is 2. The molecule has 3 rings (SSSR count). The van der Waals surface area contributed by atoms with E-state index in [9.17, 15) is 18.0 Å². The van der Waals surface area contributed by atoms with Crippen molar-refractivity contribution >= 4 is 39.1 Å². The lowest BCUT2D eigenvalue weighted by molar-refractivity contribution is -0.140. The average molecular weight is 556 g/mol. The molecule has 0 saturated carbocycles. The van der Waals surface area contributed by atoms with Crippen LogP contribution in [0.15, 0.2) is 77.7 Å². The zero-order valence-electron chi connectivity index (χ0n) is 22.1. The van der Waals surface area contributed by atoms with Crippen LogP contribution in [0, 0.1) is 13.8 Å². The van der Waals surface area contributed by atoms with Crippen molar-refractivity contribution in [1.29, 1.82) is 0 Å². The summed E-state index contributed by atoms with van der Waals surface area (Å²) in [5.41, 5.74) is 3.05. The fourth-order valence-corrected chi connectivity index (χ4v) is 5.68. The van der Waals surface area contributed by atoms with E-state index in [4.69, 9.17) is 11.6 Å². The largest absolute Gasteiger partial charge is 0.355 e. The molecule has 0 saturated heterocycles. The minimum absolute atomic E-state index is 0.0750. The maximum atomic E-state index is 14.0. The second-order valence-electron chi connectivity index (χ2n) is 9.06. The number of anilines is 1. The van der Waals surface area contributed by atoms with Crippen LogP contribution in [-0.2, 0) is 26.2 Å². The van der Waals surface area contributed by atoms with Gasteiger partial charge in [0.05, 0.1) is 10.6 Å². The normalized spacial score (nSPS) is 12.0. The summed E-state index contributed by atoms with van der Waals surface area (Å²) < 4.78 is 28.8. The summed E-state index contributed by atoms with van der Waals surface area (Å²) in [5, 5.41) is 3.35. The molecule has 0 bridgehead atoms. The van der Waals surface area contributed by atoms with Gasteiger partial charge >= 0.3 is 0 Å². The molecule has 0 aliphatic heterocycles. The van der Waals surface area contributed by atoms with Crippen molar-refractivity contribution in [3.63, 3.8) is 0 Å². The number of hydrogen-bond acceptors (Lipinski definition) is 4. The Balaban J connectivity index is 2.06. The predicted molar refractivity (Wildman–Crippen MR) is 152 cm³/mol. The molecule has 0 aliphatic carbocycles. The Morgan fingerprint density at radius 1 is 0.921 bits per heavy atom. The van der Waals surface area contributed by atoms with Crippen LogP contribution in [0.3, 0.4) is 0 Å². The van der Waals surface area contributed by atoms with Crippen LogP contribution in [0.1, 0.15) is 37.0 Å². The average Bonchev–Trinajstić information content (AvgIpc) is 2.90. The fraction of sp³-hybridized carbons (Fsp3) is 0.310. The molecule has 0 aliphatic rings. The Bertz CT molecular complexity index is 1360. The van der Waals surface area contributed by atoms with Crippen LogP contribution in [0.4, 0.5) is 5.69 Å². The van der Waals surface area contributed by atoms with Gasteiger partial charge < -0.3 is 10.2 Å². The first-order valence-electron chi connectivity index (χ1n) is 12.5. The molecule has 3 aromatic carbocycles. The second kappa shape index (κ2) is 12.9. The SMILES string of the molecule is CCNC(=O)C(CC)N(Cc1ccc(Cl)cc1)C(=O)CN(c1ccc(C)c(C)c1)S(=O)(=O)c1ccccc1. The highest BCUT2D eigenvalue weighted by molar-refractivity contribution is 7.92. The molecule has 0 aromatic heterocycles. The van der Waals surface area contributed by atoms with Crippen molar-refractivity contribution in [1.82, 2.24) is 10.2 Å². The topological polar surface area (TPSA) is 86.8 Å². The number of likely N-dealkylation sites (N-methyl/N-ethyl adjacent to an activating group) is 1. The van der Waals surface area contributed by atoms with E-state index in [0.717, 1.165) is 21.0 Å². The molecule has 3 aromatic rings. The van der Waals surface area contributed by atoms with E-state index in [1.807, 2.05) is 33.8 Å². The number of halogens is 1. The number of hydrogen-bond donors (Lipinski definition) is 1. The summed E-state index contributed by atoms with van der Waals surface area (Å²) >= 11 is 6.04. The third-order valence-corrected chi connectivity index (χ3v) is 8.43. The lowest BCUT2D eigenvalue weighted by atomic mass is 10.1. The summed E-state index contributed by atoms with van der Waals surface area (Å²) in [6, 6.07) is 19.5. The van der Waals surface area contributed by atoms with Gasteiger partial charge in [-0.3, -0.25) is 13.9 Å². The van der Waals surface area contributed by atoms with Gasteiger partial charge in [0.25, 0.3) is 10.0 Å². The first-order valence-corrected chi connectivity index (χ1v) is 14.4. The molecule has 202 valence electrons. The van der Waals surface area contributed by atoms with Crippen molar-refractivity contribution in [2.24, 2.45) is 0 Å². The van der Waals surface area contributed by atoms with E-state index in [1.165, 1.54) is 17.0 Å². The van der Waals surface area contributed by atoms with E-state index >= 15 is 0 Å². The lowest BCUT2D eigenvalue weighted by Crippen LogP contribution is -2.52.